The van der Waals surface area contributed by atoms with E-state index in [0.717, 1.165) is 0 Å². The molecule has 0 fully saturated rings. The van der Waals surface area contributed by atoms with Gasteiger partial charge in [-0.1, -0.05) is 18.2 Å². The summed E-state index contributed by atoms with van der Waals surface area (Å²) in [6.45, 7) is 0. The molecule has 14 heavy (non-hydrogen) atoms. The summed E-state index contributed by atoms with van der Waals surface area (Å²) in [5.41, 5.74) is 5.14. The zero-order valence-corrected chi connectivity index (χ0v) is 7.41. The van der Waals surface area contributed by atoms with Crippen molar-refractivity contribution in [3.05, 3.63) is 42.6 Å². The van der Waals surface area contributed by atoms with E-state index in [-0.39, 0.29) is 0 Å². The average molecular weight is 190 g/mol. The third-order valence-electron chi connectivity index (χ3n) is 1.28. The Balaban J connectivity index is 0.000000140. The third-order valence-corrected chi connectivity index (χ3v) is 1.28. The maximum Gasteiger partial charge on any atom is 0.149 e. The van der Waals surface area contributed by atoms with Crippen LogP contribution in [-0.4, -0.2) is 20.5 Å². The molecule has 72 valence electrons. The number of phenols is 1. The van der Waals surface area contributed by atoms with Gasteiger partial charge < -0.3 is 10.8 Å². The van der Waals surface area contributed by atoms with E-state index in [1.54, 1.807) is 30.3 Å². The predicted molar refractivity (Wildman–Crippen MR) is 52.3 cm³/mol. The lowest BCUT2D eigenvalue weighted by molar-refractivity contribution is 0.475. The van der Waals surface area contributed by atoms with Crippen molar-refractivity contribution in [3.8, 4) is 5.75 Å². The number of nitrogens with two attached hydrogens (primary N) is 1. The van der Waals surface area contributed by atoms with Gasteiger partial charge in [0.1, 0.15) is 11.6 Å². The molecular formula is C9H10N4O. The van der Waals surface area contributed by atoms with Crippen LogP contribution in [-0.2, 0) is 0 Å². The first-order valence-electron chi connectivity index (χ1n) is 3.93. The highest BCUT2D eigenvalue weighted by Gasteiger charge is 1.76. The van der Waals surface area contributed by atoms with E-state index < -0.39 is 0 Å². The van der Waals surface area contributed by atoms with Crippen molar-refractivity contribution >= 4 is 5.82 Å². The largest absolute Gasteiger partial charge is 0.508 e. The van der Waals surface area contributed by atoms with Crippen molar-refractivity contribution in [2.75, 3.05) is 5.73 Å². The van der Waals surface area contributed by atoms with Crippen LogP contribution in [0.15, 0.2) is 42.6 Å². The first-order valence-corrected chi connectivity index (χ1v) is 3.93. The fraction of sp³-hybridized carbons (Fsp3) is 0. The number of phenolic OH excluding ortho intramolecular Hbond substituents is 1. The summed E-state index contributed by atoms with van der Waals surface area (Å²) < 4.78 is 0. The molecule has 0 unspecified atom stereocenters. The Kier molecular flexibility index (Phi) is 3.87. The van der Waals surface area contributed by atoms with Gasteiger partial charge in [0, 0.05) is 6.07 Å². The fourth-order valence-corrected chi connectivity index (χ4v) is 0.678. The third kappa shape index (κ3) is 4.01. The van der Waals surface area contributed by atoms with Crippen molar-refractivity contribution < 1.29 is 5.11 Å². The molecule has 3 N–H and O–H groups in total. The first kappa shape index (κ1) is 9.91. The molecule has 0 saturated heterocycles. The number of hydrogen-bond donors (Lipinski definition) is 2. The Morgan fingerprint density at radius 3 is 2.07 bits per heavy atom. The maximum absolute atomic E-state index is 8.63. The van der Waals surface area contributed by atoms with Crippen molar-refractivity contribution in [3.63, 3.8) is 0 Å². The summed E-state index contributed by atoms with van der Waals surface area (Å²) in [6, 6.07) is 10.3. The van der Waals surface area contributed by atoms with Gasteiger partial charge in [-0.05, 0) is 17.3 Å². The van der Waals surface area contributed by atoms with Crippen LogP contribution in [0.25, 0.3) is 0 Å². The topological polar surface area (TPSA) is 84.9 Å². The Morgan fingerprint density at radius 1 is 1.07 bits per heavy atom. The minimum absolute atomic E-state index is 0.322. The van der Waals surface area contributed by atoms with Crippen LogP contribution < -0.4 is 5.73 Å². The van der Waals surface area contributed by atoms with Crippen LogP contribution in [0.1, 0.15) is 0 Å². The van der Waals surface area contributed by atoms with Crippen molar-refractivity contribution in [2.24, 2.45) is 0 Å². The Hall–Kier alpha value is -2.17. The van der Waals surface area contributed by atoms with Crippen LogP contribution in [0.3, 0.4) is 0 Å². The van der Waals surface area contributed by atoms with E-state index in [1.165, 1.54) is 6.20 Å². The Bertz CT molecular complexity index is 314. The standard InChI is InChI=1S/C6H6O.C3H4N4/c7-6-4-2-1-3-5-6;4-3-1-2-5-7-6-3/h1-5,7H;1-2H,(H2,4,5,6). The summed E-state index contributed by atoms with van der Waals surface area (Å²) in [5.74, 6) is 0.720. The molecule has 1 aromatic carbocycles. The van der Waals surface area contributed by atoms with E-state index in [0.29, 0.717) is 11.6 Å². The summed E-state index contributed by atoms with van der Waals surface area (Å²) in [5, 5.41) is 18.7. The molecule has 0 amide bonds. The molecular weight excluding hydrogens is 180 g/mol. The van der Waals surface area contributed by atoms with Gasteiger partial charge in [0.15, 0.2) is 0 Å². The monoisotopic (exact) mass is 190 g/mol. The minimum Gasteiger partial charge on any atom is -0.508 e. The normalized spacial score (nSPS) is 8.57. The van der Waals surface area contributed by atoms with Crippen LogP contribution in [0.4, 0.5) is 5.82 Å². The van der Waals surface area contributed by atoms with E-state index >= 15 is 0 Å². The number of hydrogen-bond acceptors (Lipinski definition) is 5. The molecule has 0 saturated carbocycles. The van der Waals surface area contributed by atoms with E-state index in [9.17, 15) is 0 Å². The molecule has 0 spiro atoms. The van der Waals surface area contributed by atoms with E-state index in [2.05, 4.69) is 15.4 Å². The van der Waals surface area contributed by atoms with Gasteiger partial charge in [-0.15, -0.1) is 10.2 Å². The molecule has 0 aliphatic rings. The predicted octanol–water partition coefficient (Wildman–Crippen LogP) is 0.846. The lowest BCUT2D eigenvalue weighted by Gasteiger charge is -1.82. The van der Waals surface area contributed by atoms with Crippen molar-refractivity contribution in [2.45, 2.75) is 0 Å². The molecule has 0 atom stereocenters. The highest BCUT2D eigenvalue weighted by Crippen LogP contribution is 2.02. The molecule has 5 nitrogen and oxygen atoms in total. The lowest BCUT2D eigenvalue weighted by atomic mass is 10.3. The van der Waals surface area contributed by atoms with Gasteiger partial charge in [-0.25, -0.2) is 0 Å². The van der Waals surface area contributed by atoms with Crippen LogP contribution in [0.5, 0.6) is 5.75 Å². The number of nitrogen functional groups attached to an aromatic ring is 1. The number of aromatic hydroxyl groups is 1. The zero-order chi connectivity index (χ0) is 10.2. The van der Waals surface area contributed by atoms with E-state index in [1.807, 2.05) is 6.07 Å². The molecule has 0 radical (unpaired) electrons. The van der Waals surface area contributed by atoms with Gasteiger partial charge in [0.2, 0.25) is 0 Å². The highest BCUT2D eigenvalue weighted by molar-refractivity contribution is 5.21. The smallest absolute Gasteiger partial charge is 0.149 e. The molecule has 2 rings (SSSR count). The second kappa shape index (κ2) is 5.47. The quantitative estimate of drug-likeness (QED) is 0.643. The molecule has 0 aliphatic carbocycles. The van der Waals surface area contributed by atoms with Crippen molar-refractivity contribution in [1.82, 2.24) is 15.4 Å². The number of para-hydroxylation sites is 1. The van der Waals surface area contributed by atoms with Gasteiger partial charge in [-0.3, -0.25) is 0 Å². The summed E-state index contributed by atoms with van der Waals surface area (Å²) in [7, 11) is 0. The van der Waals surface area contributed by atoms with Gasteiger partial charge in [-0.2, -0.15) is 0 Å². The fourth-order valence-electron chi connectivity index (χ4n) is 0.678. The summed E-state index contributed by atoms with van der Waals surface area (Å²) >= 11 is 0. The molecule has 0 bridgehead atoms. The number of anilines is 1. The highest BCUT2D eigenvalue weighted by atomic mass is 16.3. The Labute approximate surface area is 81.2 Å². The van der Waals surface area contributed by atoms with Crippen LogP contribution >= 0.6 is 0 Å². The first-order chi connectivity index (χ1) is 6.79. The Morgan fingerprint density at radius 2 is 1.79 bits per heavy atom. The molecule has 0 aliphatic heterocycles. The van der Waals surface area contributed by atoms with E-state index in [4.69, 9.17) is 10.8 Å². The maximum atomic E-state index is 8.63. The molecule has 1 heterocycles. The second-order valence-corrected chi connectivity index (χ2v) is 2.38. The molecule has 5 heteroatoms. The summed E-state index contributed by atoms with van der Waals surface area (Å²) in [6.07, 6.45) is 1.49. The van der Waals surface area contributed by atoms with Crippen molar-refractivity contribution in [1.29, 1.82) is 0 Å². The molecule has 1 aromatic heterocycles. The number of nitrogens with zero attached hydrogens (tertiary/aromatic N) is 3. The van der Waals surface area contributed by atoms with Gasteiger partial charge >= 0.3 is 0 Å². The lowest BCUT2D eigenvalue weighted by Crippen LogP contribution is -1.91. The summed E-state index contributed by atoms with van der Waals surface area (Å²) in [4.78, 5) is 0. The SMILES string of the molecule is Nc1ccnnn1.Oc1ccccc1. The minimum atomic E-state index is 0.322. The second-order valence-electron chi connectivity index (χ2n) is 2.38. The number of benzene rings is 1. The van der Waals surface area contributed by atoms with Crippen LogP contribution in [0, 0.1) is 0 Å². The van der Waals surface area contributed by atoms with Crippen LogP contribution in [0.2, 0.25) is 0 Å². The average Bonchev–Trinajstić information content (AvgIpc) is 2.21. The van der Waals surface area contributed by atoms with Gasteiger partial charge in [0.05, 0.1) is 6.20 Å². The number of rotatable bonds is 0. The van der Waals surface area contributed by atoms with Gasteiger partial charge in [0.25, 0.3) is 0 Å². The zero-order valence-electron chi connectivity index (χ0n) is 7.41. The number of aromatic nitrogens is 3. The molecule has 2 aromatic rings.